The number of rotatable bonds is 5. The van der Waals surface area contributed by atoms with Crippen LogP contribution in [0.5, 0.6) is 0 Å². The number of carboxylic acids is 1. The largest absolute Gasteiger partial charge is 0.478 e. The molecule has 0 unspecified atom stereocenters. The lowest BCUT2D eigenvalue weighted by Crippen LogP contribution is -2.30. The second-order valence-corrected chi connectivity index (χ2v) is 8.07. The van der Waals surface area contributed by atoms with Crippen molar-refractivity contribution in [1.29, 1.82) is 0 Å². The minimum atomic E-state index is -3.39. The number of benzene rings is 1. The van der Waals surface area contributed by atoms with Crippen LogP contribution in [-0.4, -0.2) is 32.3 Å². The molecule has 0 radical (unpaired) electrons. The van der Waals surface area contributed by atoms with Gasteiger partial charge in [0.2, 0.25) is 10.0 Å². The van der Waals surface area contributed by atoms with Gasteiger partial charge in [-0.25, -0.2) is 13.2 Å². The zero-order valence-electron chi connectivity index (χ0n) is 12.3. The van der Waals surface area contributed by atoms with Gasteiger partial charge in [-0.3, -0.25) is 4.31 Å². The highest BCUT2D eigenvalue weighted by Gasteiger charge is 2.22. The van der Waals surface area contributed by atoms with Crippen molar-refractivity contribution in [3.05, 3.63) is 29.8 Å². The topological polar surface area (TPSA) is 74.7 Å². The first-order valence-corrected chi connectivity index (χ1v) is 7.94. The summed E-state index contributed by atoms with van der Waals surface area (Å²) in [6.45, 7) is 5.97. The molecule has 0 atom stereocenters. The molecule has 1 aromatic carbocycles. The highest BCUT2D eigenvalue weighted by Crippen LogP contribution is 2.23. The molecule has 0 saturated heterocycles. The van der Waals surface area contributed by atoms with Crippen molar-refractivity contribution in [3.8, 4) is 0 Å². The van der Waals surface area contributed by atoms with Crippen molar-refractivity contribution < 1.29 is 18.3 Å². The molecule has 0 spiro atoms. The maximum Gasteiger partial charge on any atom is 0.335 e. The first-order chi connectivity index (χ1) is 9.03. The van der Waals surface area contributed by atoms with E-state index >= 15 is 0 Å². The standard InChI is InChI=1S/C14H21NO4S/c1-14(2,3)9-10-20(18,19)15(4)12-7-5-11(6-8-12)13(16)17/h5-8H,9-10H2,1-4H3,(H,16,17). The Morgan fingerprint density at radius 2 is 1.70 bits per heavy atom. The molecule has 1 aromatic rings. The van der Waals surface area contributed by atoms with E-state index in [1.165, 1.54) is 35.6 Å². The van der Waals surface area contributed by atoms with E-state index in [2.05, 4.69) is 0 Å². The van der Waals surface area contributed by atoms with E-state index < -0.39 is 16.0 Å². The van der Waals surface area contributed by atoms with Crippen LogP contribution < -0.4 is 4.31 Å². The van der Waals surface area contributed by atoms with Crippen LogP contribution in [0.15, 0.2) is 24.3 Å². The minimum Gasteiger partial charge on any atom is -0.478 e. The monoisotopic (exact) mass is 299 g/mol. The van der Waals surface area contributed by atoms with Crippen LogP contribution in [-0.2, 0) is 10.0 Å². The van der Waals surface area contributed by atoms with Crippen LogP contribution in [0.1, 0.15) is 37.6 Å². The summed E-state index contributed by atoms with van der Waals surface area (Å²) in [4.78, 5) is 10.8. The molecule has 0 saturated carbocycles. The van der Waals surface area contributed by atoms with E-state index in [4.69, 9.17) is 5.11 Å². The van der Waals surface area contributed by atoms with E-state index in [0.29, 0.717) is 12.1 Å². The molecule has 0 amide bonds. The van der Waals surface area contributed by atoms with Crippen LogP contribution in [0.2, 0.25) is 0 Å². The first kappa shape index (κ1) is 16.5. The number of carboxylic acid groups (broad SMARTS) is 1. The third-order valence-corrected chi connectivity index (χ3v) is 4.77. The maximum atomic E-state index is 12.2. The molecule has 0 aliphatic rings. The Morgan fingerprint density at radius 1 is 1.20 bits per heavy atom. The Bertz CT molecular complexity index is 570. The summed E-state index contributed by atoms with van der Waals surface area (Å²) >= 11 is 0. The molecule has 0 heterocycles. The molecule has 1 rings (SSSR count). The zero-order valence-corrected chi connectivity index (χ0v) is 13.1. The lowest BCUT2D eigenvalue weighted by molar-refractivity contribution is 0.0697. The number of carbonyl (C=O) groups is 1. The van der Waals surface area contributed by atoms with Gasteiger partial charge in [0.15, 0.2) is 0 Å². The Kier molecular flexibility index (Phi) is 4.81. The number of sulfonamides is 1. The van der Waals surface area contributed by atoms with Crippen molar-refractivity contribution >= 4 is 21.7 Å². The van der Waals surface area contributed by atoms with Gasteiger partial charge in [-0.05, 0) is 36.1 Å². The van der Waals surface area contributed by atoms with E-state index in [1.807, 2.05) is 20.8 Å². The fraction of sp³-hybridized carbons (Fsp3) is 0.500. The summed E-state index contributed by atoms with van der Waals surface area (Å²) in [5.41, 5.74) is 0.541. The number of anilines is 1. The molecular formula is C14H21NO4S. The highest BCUT2D eigenvalue weighted by molar-refractivity contribution is 7.92. The Labute approximate surface area is 120 Å². The zero-order chi connectivity index (χ0) is 15.6. The van der Waals surface area contributed by atoms with Gasteiger partial charge in [-0.1, -0.05) is 20.8 Å². The molecule has 20 heavy (non-hydrogen) atoms. The number of hydrogen-bond acceptors (Lipinski definition) is 3. The smallest absolute Gasteiger partial charge is 0.335 e. The van der Waals surface area contributed by atoms with E-state index in [9.17, 15) is 13.2 Å². The lowest BCUT2D eigenvalue weighted by atomic mass is 9.94. The quantitative estimate of drug-likeness (QED) is 0.906. The molecule has 0 aromatic heterocycles. The van der Waals surface area contributed by atoms with Crippen LogP contribution in [0.4, 0.5) is 5.69 Å². The molecule has 1 N–H and O–H groups in total. The Hall–Kier alpha value is -1.56. The molecule has 6 heteroatoms. The number of aromatic carboxylic acids is 1. The average Bonchev–Trinajstić information content (AvgIpc) is 2.35. The third-order valence-electron chi connectivity index (χ3n) is 3.01. The summed E-state index contributed by atoms with van der Waals surface area (Å²) in [5.74, 6) is -0.969. The van der Waals surface area contributed by atoms with Gasteiger partial charge in [0.25, 0.3) is 0 Å². The SMILES string of the molecule is CN(c1ccc(C(=O)O)cc1)S(=O)(=O)CCC(C)(C)C. The second-order valence-electron chi connectivity index (χ2n) is 5.95. The summed E-state index contributed by atoms with van der Waals surface area (Å²) < 4.78 is 25.6. The normalized spacial score (nSPS) is 12.2. The fourth-order valence-corrected chi connectivity index (χ4v) is 3.13. The van der Waals surface area contributed by atoms with Gasteiger partial charge >= 0.3 is 5.97 Å². The molecule has 0 bridgehead atoms. The third kappa shape index (κ3) is 4.52. The van der Waals surface area contributed by atoms with Gasteiger partial charge in [0.1, 0.15) is 0 Å². The van der Waals surface area contributed by atoms with Crippen molar-refractivity contribution in [2.24, 2.45) is 5.41 Å². The van der Waals surface area contributed by atoms with Crippen molar-refractivity contribution in [2.45, 2.75) is 27.2 Å². The van der Waals surface area contributed by atoms with Crippen LogP contribution in [0.3, 0.4) is 0 Å². The summed E-state index contributed by atoms with van der Waals surface area (Å²) in [6.07, 6.45) is 0.562. The molecule has 0 fully saturated rings. The van der Waals surface area contributed by atoms with E-state index in [0.717, 1.165) is 0 Å². The van der Waals surface area contributed by atoms with Gasteiger partial charge in [0, 0.05) is 7.05 Å². The predicted molar refractivity (Wildman–Crippen MR) is 79.7 cm³/mol. The molecule has 0 aliphatic heterocycles. The summed E-state index contributed by atoms with van der Waals surface area (Å²) in [6, 6.07) is 5.79. The predicted octanol–water partition coefficient (Wildman–Crippen LogP) is 2.59. The Morgan fingerprint density at radius 3 is 2.10 bits per heavy atom. The summed E-state index contributed by atoms with van der Waals surface area (Å²) in [7, 11) is -1.91. The van der Waals surface area contributed by atoms with Crippen molar-refractivity contribution in [3.63, 3.8) is 0 Å². The minimum absolute atomic E-state index is 0.0545. The first-order valence-electron chi connectivity index (χ1n) is 6.33. The molecule has 0 aliphatic carbocycles. The van der Waals surface area contributed by atoms with Crippen molar-refractivity contribution in [1.82, 2.24) is 0 Å². The average molecular weight is 299 g/mol. The van der Waals surface area contributed by atoms with Crippen LogP contribution in [0, 0.1) is 5.41 Å². The van der Waals surface area contributed by atoms with Crippen molar-refractivity contribution in [2.75, 3.05) is 17.1 Å². The number of hydrogen-bond donors (Lipinski definition) is 1. The lowest BCUT2D eigenvalue weighted by Gasteiger charge is -2.23. The Balaban J connectivity index is 2.88. The molecule has 5 nitrogen and oxygen atoms in total. The van der Waals surface area contributed by atoms with E-state index in [-0.39, 0.29) is 16.7 Å². The molecule has 112 valence electrons. The van der Waals surface area contributed by atoms with Crippen LogP contribution >= 0.6 is 0 Å². The maximum absolute atomic E-state index is 12.2. The van der Waals surface area contributed by atoms with Gasteiger partial charge in [-0.2, -0.15) is 0 Å². The van der Waals surface area contributed by atoms with E-state index in [1.54, 1.807) is 0 Å². The van der Waals surface area contributed by atoms with Gasteiger partial charge in [-0.15, -0.1) is 0 Å². The second kappa shape index (κ2) is 5.83. The summed E-state index contributed by atoms with van der Waals surface area (Å²) in [5, 5.41) is 8.82. The number of nitrogens with zero attached hydrogens (tertiary/aromatic N) is 1. The highest BCUT2D eigenvalue weighted by atomic mass is 32.2. The van der Waals surface area contributed by atoms with Gasteiger partial charge < -0.3 is 5.11 Å². The molecular weight excluding hydrogens is 278 g/mol. The van der Waals surface area contributed by atoms with Gasteiger partial charge in [0.05, 0.1) is 17.0 Å². The van der Waals surface area contributed by atoms with Crippen LogP contribution in [0.25, 0.3) is 0 Å². The fourth-order valence-electron chi connectivity index (χ4n) is 1.55.